The van der Waals surface area contributed by atoms with Crippen molar-refractivity contribution < 1.29 is 4.74 Å². The van der Waals surface area contributed by atoms with Crippen LogP contribution in [-0.4, -0.2) is 6.23 Å². The Balaban J connectivity index is 1.94. The second-order valence-electron chi connectivity index (χ2n) is 4.62. The Bertz CT molecular complexity index is 632. The third-order valence-corrected chi connectivity index (χ3v) is 3.55. The second-order valence-corrected chi connectivity index (χ2v) is 4.62. The Hall–Kier alpha value is -2.06. The monoisotopic (exact) mass is 235 g/mol. The highest BCUT2D eigenvalue weighted by molar-refractivity contribution is 5.79. The molecule has 0 saturated carbocycles. The van der Waals surface area contributed by atoms with E-state index in [-0.39, 0.29) is 6.23 Å². The summed E-state index contributed by atoms with van der Waals surface area (Å²) in [6, 6.07) is 16.9. The molecule has 0 radical (unpaired) electrons. The molecular weight excluding hydrogens is 222 g/mol. The van der Waals surface area contributed by atoms with Crippen LogP contribution >= 0.6 is 0 Å². The van der Waals surface area contributed by atoms with Crippen LogP contribution in [0.15, 0.2) is 54.6 Å². The summed E-state index contributed by atoms with van der Waals surface area (Å²) in [5, 5.41) is 0. The van der Waals surface area contributed by atoms with E-state index in [1.807, 2.05) is 0 Å². The van der Waals surface area contributed by atoms with Gasteiger partial charge in [-0.05, 0) is 23.8 Å². The van der Waals surface area contributed by atoms with Crippen molar-refractivity contribution in [3.8, 4) is 0 Å². The van der Waals surface area contributed by atoms with Gasteiger partial charge in [-0.15, -0.1) is 0 Å². The predicted molar refractivity (Wildman–Crippen MR) is 72.6 cm³/mol. The standard InChI is InChI=1S/C16H13NO/c1-3-7-14-12(5-1)9-10-16-17(14)15-8-4-2-6-13(15)11-18-16/h1-10,16H,11H2. The van der Waals surface area contributed by atoms with Gasteiger partial charge in [0.1, 0.15) is 0 Å². The molecule has 0 fully saturated rings. The maximum atomic E-state index is 5.90. The van der Waals surface area contributed by atoms with Crippen LogP contribution in [0.25, 0.3) is 6.08 Å². The van der Waals surface area contributed by atoms with E-state index in [1.54, 1.807) is 0 Å². The maximum Gasteiger partial charge on any atom is 0.154 e. The van der Waals surface area contributed by atoms with Crippen LogP contribution in [-0.2, 0) is 11.3 Å². The van der Waals surface area contributed by atoms with E-state index in [0.29, 0.717) is 6.61 Å². The average Bonchev–Trinajstić information content (AvgIpc) is 2.46. The molecule has 88 valence electrons. The number of nitrogens with zero attached hydrogens (tertiary/aromatic N) is 1. The number of rotatable bonds is 0. The zero-order chi connectivity index (χ0) is 11.9. The highest BCUT2D eigenvalue weighted by atomic mass is 16.5. The SMILES string of the molecule is C1=CC2OCc3ccccc3N2c2ccccc21. The van der Waals surface area contributed by atoms with Crippen molar-refractivity contribution >= 4 is 17.5 Å². The van der Waals surface area contributed by atoms with Gasteiger partial charge in [-0.2, -0.15) is 0 Å². The first kappa shape index (κ1) is 9.92. The normalized spacial score (nSPS) is 20.0. The fourth-order valence-electron chi connectivity index (χ4n) is 2.70. The molecule has 2 aromatic carbocycles. The average molecular weight is 235 g/mol. The van der Waals surface area contributed by atoms with Crippen LogP contribution < -0.4 is 4.90 Å². The lowest BCUT2D eigenvalue weighted by Crippen LogP contribution is -2.37. The van der Waals surface area contributed by atoms with Gasteiger partial charge in [0.25, 0.3) is 0 Å². The fraction of sp³-hybridized carbons (Fsp3) is 0.125. The zero-order valence-electron chi connectivity index (χ0n) is 9.91. The third kappa shape index (κ3) is 1.33. The molecule has 2 heterocycles. The molecule has 0 N–H and O–H groups in total. The van der Waals surface area contributed by atoms with E-state index in [4.69, 9.17) is 4.74 Å². The van der Waals surface area contributed by atoms with Gasteiger partial charge in [-0.1, -0.05) is 42.5 Å². The van der Waals surface area contributed by atoms with E-state index in [1.165, 1.54) is 22.5 Å². The van der Waals surface area contributed by atoms with Crippen molar-refractivity contribution in [3.63, 3.8) is 0 Å². The molecule has 0 bridgehead atoms. The molecule has 2 nitrogen and oxygen atoms in total. The van der Waals surface area contributed by atoms with Gasteiger partial charge in [0.05, 0.1) is 12.3 Å². The van der Waals surface area contributed by atoms with Gasteiger partial charge in [0.15, 0.2) is 6.23 Å². The molecule has 0 amide bonds. The van der Waals surface area contributed by atoms with Gasteiger partial charge in [0, 0.05) is 11.3 Å². The minimum absolute atomic E-state index is 0.0230. The van der Waals surface area contributed by atoms with Gasteiger partial charge < -0.3 is 9.64 Å². The van der Waals surface area contributed by atoms with Crippen molar-refractivity contribution in [2.45, 2.75) is 12.8 Å². The third-order valence-electron chi connectivity index (χ3n) is 3.55. The summed E-state index contributed by atoms with van der Waals surface area (Å²) in [6.45, 7) is 0.684. The number of fused-ring (bicyclic) bond motifs is 5. The molecule has 0 aromatic heterocycles. The van der Waals surface area contributed by atoms with Crippen LogP contribution in [0.1, 0.15) is 11.1 Å². The van der Waals surface area contributed by atoms with Crippen LogP contribution in [0, 0.1) is 0 Å². The van der Waals surface area contributed by atoms with Gasteiger partial charge in [-0.3, -0.25) is 0 Å². The van der Waals surface area contributed by atoms with E-state index < -0.39 is 0 Å². The second kappa shape index (κ2) is 3.72. The highest BCUT2D eigenvalue weighted by Gasteiger charge is 2.29. The lowest BCUT2D eigenvalue weighted by molar-refractivity contribution is 0.0662. The van der Waals surface area contributed by atoms with E-state index >= 15 is 0 Å². The molecule has 1 atom stereocenters. The number of hydrogen-bond donors (Lipinski definition) is 0. The summed E-state index contributed by atoms with van der Waals surface area (Å²) in [5.74, 6) is 0. The number of hydrogen-bond acceptors (Lipinski definition) is 2. The molecule has 0 aliphatic carbocycles. The van der Waals surface area contributed by atoms with E-state index in [9.17, 15) is 0 Å². The smallest absolute Gasteiger partial charge is 0.154 e. The Kier molecular flexibility index (Phi) is 2.05. The fourth-order valence-corrected chi connectivity index (χ4v) is 2.70. The van der Waals surface area contributed by atoms with E-state index in [2.05, 4.69) is 65.6 Å². The Morgan fingerprint density at radius 3 is 2.67 bits per heavy atom. The molecule has 1 unspecified atom stereocenters. The summed E-state index contributed by atoms with van der Waals surface area (Å²) in [6.07, 6.45) is 4.29. The summed E-state index contributed by atoms with van der Waals surface area (Å²) in [7, 11) is 0. The minimum Gasteiger partial charge on any atom is -0.350 e. The van der Waals surface area contributed by atoms with Gasteiger partial charge in [-0.25, -0.2) is 0 Å². The number of benzene rings is 2. The first-order valence-electron chi connectivity index (χ1n) is 6.19. The Morgan fingerprint density at radius 2 is 1.72 bits per heavy atom. The number of ether oxygens (including phenoxy) is 1. The minimum atomic E-state index is 0.0230. The molecule has 2 heteroatoms. The quantitative estimate of drug-likeness (QED) is 0.690. The van der Waals surface area contributed by atoms with Gasteiger partial charge >= 0.3 is 0 Å². The lowest BCUT2D eigenvalue weighted by atomic mass is 10.0. The van der Waals surface area contributed by atoms with Crippen molar-refractivity contribution in [1.29, 1.82) is 0 Å². The van der Waals surface area contributed by atoms with Crippen molar-refractivity contribution in [2.75, 3.05) is 4.90 Å². The van der Waals surface area contributed by atoms with Crippen LogP contribution in [0.4, 0.5) is 11.4 Å². The van der Waals surface area contributed by atoms with Crippen LogP contribution in [0.5, 0.6) is 0 Å². The topological polar surface area (TPSA) is 12.5 Å². The zero-order valence-corrected chi connectivity index (χ0v) is 9.91. The molecule has 4 rings (SSSR count). The number of anilines is 2. The predicted octanol–water partition coefficient (Wildman–Crippen LogP) is 3.71. The highest BCUT2D eigenvalue weighted by Crippen LogP contribution is 2.40. The summed E-state index contributed by atoms with van der Waals surface area (Å²) >= 11 is 0. The summed E-state index contributed by atoms with van der Waals surface area (Å²) < 4.78 is 5.90. The van der Waals surface area contributed by atoms with E-state index in [0.717, 1.165) is 0 Å². The first-order valence-corrected chi connectivity index (χ1v) is 6.19. The summed E-state index contributed by atoms with van der Waals surface area (Å²) in [4.78, 5) is 2.27. The number of para-hydroxylation sites is 2. The molecule has 0 spiro atoms. The Labute approximate surface area is 106 Å². The van der Waals surface area contributed by atoms with Crippen molar-refractivity contribution in [3.05, 3.63) is 65.7 Å². The van der Waals surface area contributed by atoms with Crippen LogP contribution in [0.3, 0.4) is 0 Å². The molecule has 0 saturated heterocycles. The van der Waals surface area contributed by atoms with Crippen molar-refractivity contribution in [2.24, 2.45) is 0 Å². The molecule has 2 aliphatic rings. The molecule has 2 aromatic rings. The molecule has 18 heavy (non-hydrogen) atoms. The Morgan fingerprint density at radius 1 is 0.944 bits per heavy atom. The van der Waals surface area contributed by atoms with Crippen LogP contribution in [0.2, 0.25) is 0 Å². The summed E-state index contributed by atoms with van der Waals surface area (Å²) in [5.41, 5.74) is 4.97. The first-order chi connectivity index (χ1) is 8.93. The lowest BCUT2D eigenvalue weighted by Gasteiger charge is -2.40. The van der Waals surface area contributed by atoms with Crippen molar-refractivity contribution in [1.82, 2.24) is 0 Å². The molecule has 2 aliphatic heterocycles. The maximum absolute atomic E-state index is 5.90. The molecular formula is C16H13NO. The largest absolute Gasteiger partial charge is 0.350 e. The van der Waals surface area contributed by atoms with Gasteiger partial charge in [0.2, 0.25) is 0 Å².